The number of likely N-dealkylation sites (tertiary alicyclic amines) is 1. The number of fused-ring (bicyclic) bond motifs is 1. The first-order valence-electron chi connectivity index (χ1n) is 10.3. The fourth-order valence-corrected chi connectivity index (χ4v) is 4.12. The second-order valence-electron chi connectivity index (χ2n) is 7.66. The van der Waals surface area contributed by atoms with E-state index in [0.717, 1.165) is 23.8 Å². The van der Waals surface area contributed by atoms with Gasteiger partial charge in [-0.15, -0.1) is 0 Å². The van der Waals surface area contributed by atoms with Gasteiger partial charge in [0.15, 0.2) is 5.58 Å². The molecule has 1 atom stereocenters. The van der Waals surface area contributed by atoms with E-state index in [1.807, 2.05) is 41.3 Å². The zero-order chi connectivity index (χ0) is 21.2. The number of rotatable bonds is 5. The van der Waals surface area contributed by atoms with Gasteiger partial charge in [-0.3, -0.25) is 14.6 Å². The molecule has 1 aliphatic rings. The van der Waals surface area contributed by atoms with E-state index in [1.54, 1.807) is 18.5 Å². The molecule has 0 bridgehead atoms. The molecule has 0 spiro atoms. The molecule has 1 saturated heterocycles. The van der Waals surface area contributed by atoms with Gasteiger partial charge in [0, 0.05) is 36.0 Å². The van der Waals surface area contributed by atoms with Crippen molar-refractivity contribution in [3.05, 3.63) is 77.0 Å². The molecule has 1 fully saturated rings. The van der Waals surface area contributed by atoms with Crippen molar-refractivity contribution in [3.8, 4) is 11.3 Å². The number of benzene rings is 1. The highest BCUT2D eigenvalue weighted by Crippen LogP contribution is 2.23. The molecule has 1 amide bonds. The summed E-state index contributed by atoms with van der Waals surface area (Å²) in [5, 5.41) is 9.46. The Morgan fingerprint density at radius 3 is 2.81 bits per heavy atom. The predicted molar refractivity (Wildman–Crippen MR) is 114 cm³/mol. The molecular formula is C23H21N5O3. The highest BCUT2D eigenvalue weighted by Gasteiger charge is 2.30. The normalized spacial score (nSPS) is 16.1. The van der Waals surface area contributed by atoms with Crippen LogP contribution < -0.4 is 5.56 Å². The fourth-order valence-electron chi connectivity index (χ4n) is 4.12. The molecule has 3 aromatic heterocycles. The van der Waals surface area contributed by atoms with Crippen LogP contribution in [0.5, 0.6) is 0 Å². The van der Waals surface area contributed by atoms with Crippen LogP contribution in [0, 0.1) is 0 Å². The average molecular weight is 415 g/mol. The van der Waals surface area contributed by atoms with E-state index in [0.29, 0.717) is 30.1 Å². The third-order valence-electron chi connectivity index (χ3n) is 5.69. The molecule has 156 valence electrons. The van der Waals surface area contributed by atoms with Gasteiger partial charge >= 0.3 is 0 Å². The number of para-hydroxylation sites is 1. The summed E-state index contributed by atoms with van der Waals surface area (Å²) in [5.41, 5.74) is 2.72. The van der Waals surface area contributed by atoms with Gasteiger partial charge in [0.25, 0.3) is 5.56 Å². The van der Waals surface area contributed by atoms with E-state index in [-0.39, 0.29) is 23.9 Å². The first-order valence-corrected chi connectivity index (χ1v) is 10.3. The van der Waals surface area contributed by atoms with Gasteiger partial charge < -0.3 is 9.42 Å². The number of hydrogen-bond acceptors (Lipinski definition) is 6. The zero-order valence-electron chi connectivity index (χ0n) is 16.8. The molecule has 0 aliphatic carbocycles. The van der Waals surface area contributed by atoms with Crippen molar-refractivity contribution in [1.29, 1.82) is 0 Å². The van der Waals surface area contributed by atoms with E-state index in [4.69, 9.17) is 4.52 Å². The minimum Gasteiger partial charge on any atom is -0.356 e. The van der Waals surface area contributed by atoms with Crippen molar-refractivity contribution in [3.63, 3.8) is 0 Å². The lowest BCUT2D eigenvalue weighted by Gasteiger charge is -2.25. The van der Waals surface area contributed by atoms with Crippen LogP contribution >= 0.6 is 0 Å². The maximum Gasteiger partial charge on any atom is 0.266 e. The summed E-state index contributed by atoms with van der Waals surface area (Å²) in [4.78, 5) is 31.4. The molecule has 1 unspecified atom stereocenters. The summed E-state index contributed by atoms with van der Waals surface area (Å²) in [6.45, 7) is 1.03. The number of pyridine rings is 1. The Bertz CT molecular complexity index is 1280. The number of carbonyl (C=O) groups is 1. The molecule has 0 radical (unpaired) electrons. The smallest absolute Gasteiger partial charge is 0.266 e. The van der Waals surface area contributed by atoms with Crippen LogP contribution in [0.3, 0.4) is 0 Å². The van der Waals surface area contributed by atoms with Gasteiger partial charge in [0.1, 0.15) is 5.69 Å². The lowest BCUT2D eigenvalue weighted by Crippen LogP contribution is -2.41. The van der Waals surface area contributed by atoms with Crippen LogP contribution in [0.25, 0.3) is 22.2 Å². The minimum atomic E-state index is -0.181. The summed E-state index contributed by atoms with van der Waals surface area (Å²) in [6, 6.07) is 14.4. The maximum atomic E-state index is 13.1. The van der Waals surface area contributed by atoms with Gasteiger partial charge in [0.2, 0.25) is 5.91 Å². The molecule has 8 heteroatoms. The van der Waals surface area contributed by atoms with Crippen molar-refractivity contribution < 1.29 is 9.32 Å². The lowest BCUT2D eigenvalue weighted by molar-refractivity contribution is -0.131. The minimum absolute atomic E-state index is 0.0140. The van der Waals surface area contributed by atoms with Crippen LogP contribution in [-0.4, -0.2) is 43.3 Å². The Hall–Kier alpha value is -3.81. The first kappa shape index (κ1) is 19.2. The molecule has 8 nitrogen and oxygen atoms in total. The second-order valence-corrected chi connectivity index (χ2v) is 7.66. The van der Waals surface area contributed by atoms with Crippen molar-refractivity contribution in [2.24, 2.45) is 0 Å². The van der Waals surface area contributed by atoms with Crippen LogP contribution in [0.15, 0.2) is 70.2 Å². The SMILES string of the molecule is O=C(Cc1noc2ccccc12)N1CCCC1Cn1nc(-c2ccncc2)ccc1=O. The summed E-state index contributed by atoms with van der Waals surface area (Å²) >= 11 is 0. The first-order chi connectivity index (χ1) is 15.2. The quantitative estimate of drug-likeness (QED) is 0.497. The number of hydrogen-bond donors (Lipinski definition) is 0. The fraction of sp³-hybridized carbons (Fsp3) is 0.261. The summed E-state index contributed by atoms with van der Waals surface area (Å²) in [7, 11) is 0. The number of aromatic nitrogens is 4. The largest absolute Gasteiger partial charge is 0.356 e. The topological polar surface area (TPSA) is 94.1 Å². The van der Waals surface area contributed by atoms with E-state index in [1.165, 1.54) is 10.7 Å². The van der Waals surface area contributed by atoms with Gasteiger partial charge in [-0.25, -0.2) is 4.68 Å². The standard InChI is InChI=1S/C23H21N5O3/c29-22-8-7-19(16-9-11-24-12-10-16)25-28(22)15-17-4-3-13-27(17)23(30)14-20-18-5-1-2-6-21(18)31-26-20/h1-2,5-12,17H,3-4,13-15H2. The molecule has 5 rings (SSSR count). The molecule has 1 aliphatic heterocycles. The van der Waals surface area contributed by atoms with Gasteiger partial charge in [0.05, 0.1) is 24.7 Å². The predicted octanol–water partition coefficient (Wildman–Crippen LogP) is 2.68. The van der Waals surface area contributed by atoms with Crippen LogP contribution in [0.1, 0.15) is 18.5 Å². The van der Waals surface area contributed by atoms with Crippen molar-refractivity contribution >= 4 is 16.9 Å². The molecule has 0 N–H and O–H groups in total. The monoisotopic (exact) mass is 415 g/mol. The number of amides is 1. The van der Waals surface area contributed by atoms with Crippen LogP contribution in [0.4, 0.5) is 0 Å². The lowest BCUT2D eigenvalue weighted by atomic mass is 10.1. The third-order valence-corrected chi connectivity index (χ3v) is 5.69. The van der Waals surface area contributed by atoms with Gasteiger partial charge in [-0.2, -0.15) is 5.10 Å². The van der Waals surface area contributed by atoms with E-state index in [2.05, 4.69) is 15.2 Å². The highest BCUT2D eigenvalue weighted by atomic mass is 16.5. The highest BCUT2D eigenvalue weighted by molar-refractivity contribution is 5.86. The van der Waals surface area contributed by atoms with Crippen molar-refractivity contribution in [1.82, 2.24) is 24.8 Å². The second kappa shape index (κ2) is 8.14. The maximum absolute atomic E-state index is 13.1. The molecule has 31 heavy (non-hydrogen) atoms. The van der Waals surface area contributed by atoms with E-state index < -0.39 is 0 Å². The summed E-state index contributed by atoms with van der Waals surface area (Å²) < 4.78 is 6.78. The Labute approximate surface area is 178 Å². The van der Waals surface area contributed by atoms with Gasteiger partial charge in [-0.1, -0.05) is 17.3 Å². The van der Waals surface area contributed by atoms with Crippen LogP contribution in [0.2, 0.25) is 0 Å². The van der Waals surface area contributed by atoms with Crippen LogP contribution in [-0.2, 0) is 17.8 Å². The molecule has 4 heterocycles. The third kappa shape index (κ3) is 3.84. The molecule has 1 aromatic carbocycles. The Morgan fingerprint density at radius 2 is 1.94 bits per heavy atom. The zero-order valence-corrected chi connectivity index (χ0v) is 16.8. The average Bonchev–Trinajstić information content (AvgIpc) is 3.43. The molecule has 0 saturated carbocycles. The summed E-state index contributed by atoms with van der Waals surface area (Å²) in [6.07, 6.45) is 5.29. The van der Waals surface area contributed by atoms with Crippen molar-refractivity contribution in [2.75, 3.05) is 6.54 Å². The van der Waals surface area contributed by atoms with Gasteiger partial charge in [-0.05, 0) is 43.2 Å². The number of carbonyl (C=O) groups excluding carboxylic acids is 1. The Balaban J connectivity index is 1.35. The van der Waals surface area contributed by atoms with E-state index >= 15 is 0 Å². The number of nitrogens with zero attached hydrogens (tertiary/aromatic N) is 5. The van der Waals surface area contributed by atoms with Crippen molar-refractivity contribution in [2.45, 2.75) is 31.8 Å². The molecular weight excluding hydrogens is 394 g/mol. The Kier molecular flexibility index (Phi) is 5.03. The Morgan fingerprint density at radius 1 is 1.10 bits per heavy atom. The summed E-state index contributed by atoms with van der Waals surface area (Å²) in [5.74, 6) is -0.0140. The van der Waals surface area contributed by atoms with E-state index in [9.17, 15) is 9.59 Å². The molecule has 4 aromatic rings.